The van der Waals surface area contributed by atoms with Gasteiger partial charge in [-0.15, -0.1) is 0 Å². The van der Waals surface area contributed by atoms with E-state index in [0.29, 0.717) is 13.0 Å². The SMILES string of the molecule is CC[C@@H](N)C(=O)NCCCn1ccc2ccccc21. The van der Waals surface area contributed by atoms with Gasteiger partial charge in [0, 0.05) is 24.8 Å². The number of fused-ring (bicyclic) bond motifs is 1. The fourth-order valence-electron chi connectivity index (χ4n) is 2.11. The molecular formula is C15H21N3O. The van der Waals surface area contributed by atoms with Crippen LogP contribution in [0.1, 0.15) is 19.8 Å². The Morgan fingerprint density at radius 1 is 1.37 bits per heavy atom. The highest BCUT2D eigenvalue weighted by Crippen LogP contribution is 2.15. The Morgan fingerprint density at radius 3 is 2.95 bits per heavy atom. The molecule has 0 radical (unpaired) electrons. The molecule has 1 heterocycles. The van der Waals surface area contributed by atoms with Crippen LogP contribution in [0.5, 0.6) is 0 Å². The minimum Gasteiger partial charge on any atom is -0.355 e. The molecule has 0 saturated carbocycles. The highest BCUT2D eigenvalue weighted by atomic mass is 16.2. The minimum absolute atomic E-state index is 0.0557. The second-order valence-corrected chi connectivity index (χ2v) is 4.73. The average Bonchev–Trinajstić information content (AvgIpc) is 2.86. The molecule has 1 amide bonds. The predicted molar refractivity (Wildman–Crippen MR) is 77.8 cm³/mol. The molecule has 1 atom stereocenters. The summed E-state index contributed by atoms with van der Waals surface area (Å²) in [5.41, 5.74) is 6.89. The first-order valence-electron chi connectivity index (χ1n) is 6.79. The lowest BCUT2D eigenvalue weighted by Gasteiger charge is -2.10. The number of benzene rings is 1. The van der Waals surface area contributed by atoms with Crippen molar-refractivity contribution in [2.75, 3.05) is 6.54 Å². The lowest BCUT2D eigenvalue weighted by Crippen LogP contribution is -2.40. The van der Waals surface area contributed by atoms with E-state index in [0.717, 1.165) is 13.0 Å². The van der Waals surface area contributed by atoms with Gasteiger partial charge < -0.3 is 15.6 Å². The smallest absolute Gasteiger partial charge is 0.236 e. The summed E-state index contributed by atoms with van der Waals surface area (Å²) >= 11 is 0. The number of carbonyl (C=O) groups excluding carboxylic acids is 1. The van der Waals surface area contributed by atoms with E-state index in [1.54, 1.807) is 0 Å². The third kappa shape index (κ3) is 3.35. The second-order valence-electron chi connectivity index (χ2n) is 4.73. The Labute approximate surface area is 113 Å². The van der Waals surface area contributed by atoms with E-state index in [9.17, 15) is 4.79 Å². The minimum atomic E-state index is -0.382. The van der Waals surface area contributed by atoms with Crippen LogP contribution in [0.2, 0.25) is 0 Å². The maximum atomic E-state index is 11.5. The van der Waals surface area contributed by atoms with E-state index < -0.39 is 0 Å². The van der Waals surface area contributed by atoms with E-state index >= 15 is 0 Å². The second kappa shape index (κ2) is 6.38. The Balaban J connectivity index is 1.82. The average molecular weight is 259 g/mol. The molecule has 0 aliphatic carbocycles. The van der Waals surface area contributed by atoms with Crippen LogP contribution < -0.4 is 11.1 Å². The van der Waals surface area contributed by atoms with Crippen LogP contribution in [0, 0.1) is 0 Å². The molecule has 2 rings (SSSR count). The molecule has 4 nitrogen and oxygen atoms in total. The van der Waals surface area contributed by atoms with Gasteiger partial charge in [0.25, 0.3) is 0 Å². The van der Waals surface area contributed by atoms with Crippen LogP contribution in [0.15, 0.2) is 36.5 Å². The molecule has 0 saturated heterocycles. The normalized spacial score (nSPS) is 12.5. The van der Waals surface area contributed by atoms with Gasteiger partial charge in [0.2, 0.25) is 5.91 Å². The number of hydrogen-bond acceptors (Lipinski definition) is 2. The first-order valence-corrected chi connectivity index (χ1v) is 6.79. The highest BCUT2D eigenvalue weighted by Gasteiger charge is 2.09. The Hall–Kier alpha value is -1.81. The van der Waals surface area contributed by atoms with Gasteiger partial charge in [0.1, 0.15) is 0 Å². The van der Waals surface area contributed by atoms with Crippen molar-refractivity contribution in [2.24, 2.45) is 5.73 Å². The van der Waals surface area contributed by atoms with Crippen molar-refractivity contribution >= 4 is 16.8 Å². The third-order valence-corrected chi connectivity index (χ3v) is 3.33. The van der Waals surface area contributed by atoms with Crippen LogP contribution in [0.4, 0.5) is 0 Å². The summed E-state index contributed by atoms with van der Waals surface area (Å²) in [5.74, 6) is -0.0557. The number of amides is 1. The van der Waals surface area contributed by atoms with Gasteiger partial charge in [-0.3, -0.25) is 4.79 Å². The molecule has 0 fully saturated rings. The van der Waals surface area contributed by atoms with E-state index in [-0.39, 0.29) is 11.9 Å². The summed E-state index contributed by atoms with van der Waals surface area (Å²) in [6.45, 7) is 3.48. The molecule has 0 unspecified atom stereocenters. The lowest BCUT2D eigenvalue weighted by atomic mass is 10.2. The van der Waals surface area contributed by atoms with Crippen molar-refractivity contribution in [2.45, 2.75) is 32.4 Å². The van der Waals surface area contributed by atoms with E-state index in [1.165, 1.54) is 10.9 Å². The molecule has 0 aliphatic heterocycles. The van der Waals surface area contributed by atoms with Gasteiger partial charge in [0.05, 0.1) is 6.04 Å². The fraction of sp³-hybridized carbons (Fsp3) is 0.400. The molecule has 0 spiro atoms. The summed E-state index contributed by atoms with van der Waals surface area (Å²) in [6.07, 6.45) is 3.67. The van der Waals surface area contributed by atoms with Crippen molar-refractivity contribution in [3.05, 3.63) is 36.5 Å². The molecule has 0 bridgehead atoms. The largest absolute Gasteiger partial charge is 0.355 e. The molecule has 0 aliphatic rings. The zero-order valence-corrected chi connectivity index (χ0v) is 11.3. The Bertz CT molecular complexity index is 547. The molecule has 4 heteroatoms. The first kappa shape index (κ1) is 13.6. The maximum absolute atomic E-state index is 11.5. The molecule has 1 aromatic heterocycles. The number of carbonyl (C=O) groups is 1. The van der Waals surface area contributed by atoms with E-state index in [1.807, 2.05) is 19.1 Å². The van der Waals surface area contributed by atoms with Crippen molar-refractivity contribution < 1.29 is 4.79 Å². The van der Waals surface area contributed by atoms with Crippen molar-refractivity contribution in [3.8, 4) is 0 Å². The lowest BCUT2D eigenvalue weighted by molar-refractivity contribution is -0.122. The highest BCUT2D eigenvalue weighted by molar-refractivity contribution is 5.81. The van der Waals surface area contributed by atoms with Crippen molar-refractivity contribution in [1.29, 1.82) is 0 Å². The van der Waals surface area contributed by atoms with Crippen LogP contribution in [-0.2, 0) is 11.3 Å². The van der Waals surface area contributed by atoms with Gasteiger partial charge in [-0.05, 0) is 30.4 Å². The van der Waals surface area contributed by atoms with Crippen LogP contribution >= 0.6 is 0 Å². The quantitative estimate of drug-likeness (QED) is 0.778. The number of nitrogens with zero attached hydrogens (tertiary/aromatic N) is 1. The fourth-order valence-corrected chi connectivity index (χ4v) is 2.11. The summed E-state index contributed by atoms with van der Waals surface area (Å²) in [6, 6.07) is 10.0. The van der Waals surface area contributed by atoms with E-state index in [2.05, 4.69) is 34.3 Å². The molecule has 19 heavy (non-hydrogen) atoms. The number of para-hydroxylation sites is 1. The monoisotopic (exact) mass is 259 g/mol. The topological polar surface area (TPSA) is 60.1 Å². The molecular weight excluding hydrogens is 238 g/mol. The molecule has 3 N–H and O–H groups in total. The number of nitrogens with one attached hydrogen (secondary N) is 1. The standard InChI is InChI=1S/C15H21N3O/c1-2-13(16)15(19)17-9-5-10-18-11-8-12-6-3-4-7-14(12)18/h3-4,6-8,11,13H,2,5,9-10,16H2,1H3,(H,17,19)/t13-/m1/s1. The zero-order valence-electron chi connectivity index (χ0n) is 11.3. The molecule has 102 valence electrons. The van der Waals surface area contributed by atoms with Gasteiger partial charge in [-0.1, -0.05) is 25.1 Å². The van der Waals surface area contributed by atoms with Gasteiger partial charge in [-0.2, -0.15) is 0 Å². The van der Waals surface area contributed by atoms with Crippen LogP contribution in [-0.4, -0.2) is 23.1 Å². The maximum Gasteiger partial charge on any atom is 0.236 e. The van der Waals surface area contributed by atoms with Crippen molar-refractivity contribution in [1.82, 2.24) is 9.88 Å². The van der Waals surface area contributed by atoms with Gasteiger partial charge in [-0.25, -0.2) is 0 Å². The number of aromatic nitrogens is 1. The summed E-state index contributed by atoms with van der Waals surface area (Å²) in [4.78, 5) is 11.5. The zero-order chi connectivity index (χ0) is 13.7. The summed E-state index contributed by atoms with van der Waals surface area (Å²) in [5, 5.41) is 4.12. The predicted octanol–water partition coefficient (Wildman–Crippen LogP) is 1.88. The first-order chi connectivity index (χ1) is 9.22. The number of hydrogen-bond donors (Lipinski definition) is 2. The number of aryl methyl sites for hydroxylation is 1. The summed E-state index contributed by atoms with van der Waals surface area (Å²) in [7, 11) is 0. The summed E-state index contributed by atoms with van der Waals surface area (Å²) < 4.78 is 2.21. The Morgan fingerprint density at radius 2 is 2.16 bits per heavy atom. The number of rotatable bonds is 6. The van der Waals surface area contributed by atoms with Crippen molar-refractivity contribution in [3.63, 3.8) is 0 Å². The van der Waals surface area contributed by atoms with E-state index in [4.69, 9.17) is 5.73 Å². The third-order valence-electron chi connectivity index (χ3n) is 3.33. The number of nitrogens with two attached hydrogens (primary N) is 1. The van der Waals surface area contributed by atoms with Gasteiger partial charge in [0.15, 0.2) is 0 Å². The molecule has 2 aromatic rings. The van der Waals surface area contributed by atoms with Crippen LogP contribution in [0.3, 0.4) is 0 Å². The van der Waals surface area contributed by atoms with Crippen LogP contribution in [0.25, 0.3) is 10.9 Å². The molecule has 1 aromatic carbocycles. The Kier molecular flexibility index (Phi) is 4.58. The van der Waals surface area contributed by atoms with Gasteiger partial charge >= 0.3 is 0 Å².